The summed E-state index contributed by atoms with van der Waals surface area (Å²) >= 11 is 0. The van der Waals surface area contributed by atoms with E-state index in [2.05, 4.69) is 62.2 Å². The van der Waals surface area contributed by atoms with Crippen LogP contribution in [0.4, 0.5) is 9.59 Å². The van der Waals surface area contributed by atoms with Crippen molar-refractivity contribution in [2.75, 3.05) is 0 Å². The fourth-order valence-corrected chi connectivity index (χ4v) is 9.49. The molecule has 2 aliphatic rings. The van der Waals surface area contributed by atoms with Gasteiger partial charge in [0.15, 0.2) is 0 Å². The van der Waals surface area contributed by atoms with E-state index in [4.69, 9.17) is 9.47 Å². The first-order valence-corrected chi connectivity index (χ1v) is 32.5. The number of nitrogens with one attached hydrogen (secondary N) is 2. The maximum Gasteiger partial charge on any atom is 0.417 e. The molecule has 12 heteroatoms. The van der Waals surface area contributed by atoms with Crippen LogP contribution in [0.5, 0.6) is 0 Å². The van der Waals surface area contributed by atoms with Crippen LogP contribution in [0.25, 0.3) is 5.57 Å². The Kier molecular flexibility index (Phi) is 41.4. The lowest BCUT2D eigenvalue weighted by molar-refractivity contribution is -0.562. The Morgan fingerprint density at radius 3 is 1.26 bits per heavy atom. The lowest BCUT2D eigenvalue weighted by atomic mass is 9.87. The third-order valence-corrected chi connectivity index (χ3v) is 13.3. The largest absolute Gasteiger partial charge is 0.444 e. The molecule has 2 fully saturated rings. The highest BCUT2D eigenvalue weighted by Gasteiger charge is 2.50. The Balaban J connectivity index is -0.00000102. The van der Waals surface area contributed by atoms with Crippen LogP contribution in [0.3, 0.4) is 0 Å². The number of amides is 4. The average molecular weight is 1230 g/mol. The van der Waals surface area contributed by atoms with Gasteiger partial charge in [-0.2, -0.15) is 0 Å². The molecule has 0 aliphatic carbocycles. The highest BCUT2D eigenvalue weighted by Crippen LogP contribution is 2.41. The van der Waals surface area contributed by atoms with E-state index in [1.54, 1.807) is 34.6 Å². The van der Waals surface area contributed by atoms with Crippen molar-refractivity contribution in [3.63, 3.8) is 0 Å². The van der Waals surface area contributed by atoms with E-state index in [-0.39, 0.29) is 51.7 Å². The quantitative estimate of drug-likeness (QED) is 0.0977. The van der Waals surface area contributed by atoms with Gasteiger partial charge in [-0.25, -0.2) is 14.5 Å². The van der Waals surface area contributed by atoms with E-state index in [0.717, 1.165) is 35.1 Å². The number of hydrogen-bond acceptors (Lipinski definition) is 8. The molecule has 2 N–H and O–H groups in total. The van der Waals surface area contributed by atoms with Crippen LogP contribution in [0.1, 0.15) is 264 Å². The minimum atomic E-state index is -0.852. The van der Waals surface area contributed by atoms with Crippen LogP contribution >= 0.6 is 0 Å². The number of carbonyl (C=O) groups is 4. The predicted molar refractivity (Wildman–Crippen MR) is 378 cm³/mol. The maximum absolute atomic E-state index is 12.7. The second-order valence-corrected chi connectivity index (χ2v) is 25.4. The Morgan fingerprint density at radius 2 is 0.933 bits per heavy atom. The number of carbonyl (C=O) groups excluding carboxylic acids is 4. The minimum absolute atomic E-state index is 0.0335. The van der Waals surface area contributed by atoms with E-state index < -0.39 is 28.4 Å². The normalized spacial score (nSPS) is 15.6. The van der Waals surface area contributed by atoms with Crippen molar-refractivity contribution in [2.45, 2.75) is 270 Å². The molecule has 0 aromatic heterocycles. The summed E-state index contributed by atoms with van der Waals surface area (Å²) in [4.78, 5) is 60.4. The van der Waals surface area contributed by atoms with Crippen LogP contribution in [0, 0.1) is 10.1 Å². The summed E-state index contributed by atoms with van der Waals surface area (Å²) in [5.41, 5.74) is 4.01. The monoisotopic (exact) mass is 1230 g/mol. The van der Waals surface area contributed by atoms with Gasteiger partial charge < -0.3 is 20.1 Å². The summed E-state index contributed by atoms with van der Waals surface area (Å²) in [6.45, 7) is 56.4. The molecule has 0 saturated carbocycles. The van der Waals surface area contributed by atoms with Gasteiger partial charge in [-0.05, 0) is 149 Å². The van der Waals surface area contributed by atoms with Crippen molar-refractivity contribution in [3.05, 3.63) is 196 Å². The summed E-state index contributed by atoms with van der Waals surface area (Å²) in [5.74, 6) is 0.314. The van der Waals surface area contributed by atoms with Crippen LogP contribution in [0.2, 0.25) is 0 Å². The van der Waals surface area contributed by atoms with Gasteiger partial charge in [-0.1, -0.05) is 247 Å². The first kappa shape index (κ1) is 86.1. The fourth-order valence-electron chi connectivity index (χ4n) is 9.49. The molecule has 4 atom stereocenters. The number of alkyl carbamates (subject to hydrolysis) is 1. The topological polar surface area (TPSA) is 157 Å². The zero-order chi connectivity index (χ0) is 69.6. The maximum atomic E-state index is 12.7. The van der Waals surface area contributed by atoms with E-state index in [0.29, 0.717) is 18.8 Å². The number of likely N-dealkylation sites (tertiary alicyclic amines) is 1. The average Bonchev–Trinajstić information content (AvgIpc) is 1.82. The molecule has 498 valence electrons. The lowest BCUT2D eigenvalue weighted by Gasteiger charge is -2.31. The van der Waals surface area contributed by atoms with Crippen molar-refractivity contribution in [3.8, 4) is 0 Å². The highest BCUT2D eigenvalue weighted by atomic mass is 16.6. The predicted octanol–water partition coefficient (Wildman–Crippen LogP) is 21.4. The fraction of sp³-hybridized carbons (Fsp3) is 0.532. The first-order valence-electron chi connectivity index (χ1n) is 32.5. The van der Waals surface area contributed by atoms with Crippen molar-refractivity contribution < 1.29 is 33.6 Å². The van der Waals surface area contributed by atoms with E-state index >= 15 is 0 Å². The molecule has 12 nitrogen and oxygen atoms in total. The van der Waals surface area contributed by atoms with Crippen molar-refractivity contribution in [1.29, 1.82) is 0 Å². The molecule has 0 radical (unpaired) electrons. The summed E-state index contributed by atoms with van der Waals surface area (Å²) in [7, 11) is 0. The summed E-state index contributed by atoms with van der Waals surface area (Å²) in [5, 5.41) is 16.7. The molecule has 2 aliphatic heterocycles. The molecule has 0 spiro atoms. The number of imide groups is 1. The Bertz CT molecular complexity index is 2710. The molecule has 4 amide bonds. The zero-order valence-electron chi connectivity index (χ0n) is 60.4. The molecule has 2 heterocycles. The molecule has 5 aromatic rings. The highest BCUT2D eigenvalue weighted by molar-refractivity contribution is 5.99. The third-order valence-electron chi connectivity index (χ3n) is 13.3. The zero-order valence-corrected chi connectivity index (χ0v) is 60.4. The Morgan fingerprint density at radius 1 is 0.584 bits per heavy atom. The number of rotatable bonds is 11. The van der Waals surface area contributed by atoms with Crippen LogP contribution in [-0.4, -0.2) is 67.2 Å². The van der Waals surface area contributed by atoms with Crippen molar-refractivity contribution >= 4 is 29.6 Å². The summed E-state index contributed by atoms with van der Waals surface area (Å²) in [6.07, 6.45) is 1.99. The molecular weight excluding hydrogens is 1110 g/mol. The van der Waals surface area contributed by atoms with Gasteiger partial charge in [0.05, 0.1) is 11.8 Å². The third kappa shape index (κ3) is 34.5. The van der Waals surface area contributed by atoms with Crippen LogP contribution in [0.15, 0.2) is 158 Å². The first-order chi connectivity index (χ1) is 41.5. The van der Waals surface area contributed by atoms with Crippen molar-refractivity contribution in [1.82, 2.24) is 15.5 Å². The molecule has 7 rings (SSSR count). The van der Waals surface area contributed by atoms with Gasteiger partial charge in [-0.3, -0.25) is 19.7 Å². The Labute approximate surface area is 542 Å². The van der Waals surface area contributed by atoms with Gasteiger partial charge in [-0.15, -0.1) is 0 Å². The number of ether oxygens (including phenoxy) is 2. The molecule has 89 heavy (non-hydrogen) atoms. The number of allylic oxidation sites excluding steroid dienone is 1. The van der Waals surface area contributed by atoms with Gasteiger partial charge in [0.25, 0.3) is 0 Å². The summed E-state index contributed by atoms with van der Waals surface area (Å²) in [6, 6.07) is 50.0. The van der Waals surface area contributed by atoms with Gasteiger partial charge in [0, 0.05) is 41.8 Å². The standard InChI is InChI=1S/C17H23NO3.C17H27NO2.C12H17NO2.C12H15NO.C9H10.5C2H6/c1-16(2,3)21-15(20)18-14(19)13(11-17(18,4)5)12-9-7-6-8-10-12;1-13(14-10-8-7-9-11-14)12-17(5,6)18-15(19)20-16(2,3)4;1-10(9-12(2,3)13(14)15)11-7-5-4-6-8-11;1-12(2)8-10(11(14)13-12)9-6-4-3-5-7-9;1-8(2)9-6-4-3-5-7-9;5*1-2/h6-10,13H,11H2,1-5H3;7-11,13H,12H2,1-6H3,(H,18,19);4-8,10H,9H2,1-3H3;3-7,10H,8H2,1-2H3,(H,13,14);3-7H,1H2,2H3;5*1-2H3. The SMILES string of the molecule is C=C(C)c1ccccc1.CC.CC.CC.CC.CC.CC(C)(C)OC(=O)N1C(=O)C(c2ccccc2)CC1(C)C.CC(CC(C)(C)NC(=O)OC(C)(C)C)c1ccccc1.CC(CC(C)(C)[N+](=O)[O-])c1ccccc1.CC1(C)CC(c2ccccc2)C(=O)N1. The molecule has 2 saturated heterocycles. The van der Waals surface area contributed by atoms with Crippen LogP contribution in [-0.2, 0) is 19.1 Å². The van der Waals surface area contributed by atoms with Gasteiger partial charge in [0.1, 0.15) is 11.2 Å². The minimum Gasteiger partial charge on any atom is -0.444 e. The van der Waals surface area contributed by atoms with E-state index in [1.807, 2.05) is 259 Å². The molecule has 4 unspecified atom stereocenters. The smallest absolute Gasteiger partial charge is 0.417 e. The second kappa shape index (κ2) is 42.8. The number of benzene rings is 5. The number of hydrogen-bond donors (Lipinski definition) is 2. The number of nitrogens with zero attached hydrogens (tertiary/aromatic N) is 2. The van der Waals surface area contributed by atoms with Gasteiger partial charge >= 0.3 is 12.2 Å². The Hall–Kier alpha value is -7.08. The van der Waals surface area contributed by atoms with E-state index in [1.165, 1.54) is 16.0 Å². The van der Waals surface area contributed by atoms with Gasteiger partial charge in [0.2, 0.25) is 17.4 Å². The van der Waals surface area contributed by atoms with E-state index in [9.17, 15) is 29.3 Å². The van der Waals surface area contributed by atoms with Crippen LogP contribution < -0.4 is 10.6 Å². The second-order valence-electron chi connectivity index (χ2n) is 25.4. The number of nitro groups is 1. The van der Waals surface area contributed by atoms with Crippen molar-refractivity contribution in [2.24, 2.45) is 0 Å². The molecule has 5 aromatic carbocycles. The molecule has 0 bridgehead atoms. The lowest BCUT2D eigenvalue weighted by Crippen LogP contribution is -2.47. The molecular formula is C77H122N4O8. The summed E-state index contributed by atoms with van der Waals surface area (Å²) < 4.78 is 10.7.